The van der Waals surface area contributed by atoms with E-state index in [4.69, 9.17) is 24.9 Å². The molecule has 1 unspecified atom stereocenters. The summed E-state index contributed by atoms with van der Waals surface area (Å²) < 4.78 is 38.6. The van der Waals surface area contributed by atoms with E-state index in [-0.39, 0.29) is 17.3 Å². The van der Waals surface area contributed by atoms with Crippen molar-refractivity contribution < 1.29 is 22.6 Å². The van der Waals surface area contributed by atoms with E-state index in [9.17, 15) is 8.42 Å². The molecule has 98 valence electrons. The number of hydrogen-bond acceptors (Lipinski definition) is 5. The molecular formula is C10H15ClO5S. The first-order chi connectivity index (χ1) is 7.91. The third kappa shape index (κ3) is 2.33. The van der Waals surface area contributed by atoms with Gasteiger partial charge < -0.3 is 14.2 Å². The summed E-state index contributed by atoms with van der Waals surface area (Å²) >= 11 is 0. The zero-order valence-corrected chi connectivity index (χ0v) is 10.9. The van der Waals surface area contributed by atoms with Gasteiger partial charge in [-0.1, -0.05) is 0 Å². The van der Waals surface area contributed by atoms with Crippen LogP contribution in [0.15, 0.2) is 0 Å². The molecule has 1 aliphatic carbocycles. The van der Waals surface area contributed by atoms with Crippen LogP contribution in [-0.4, -0.2) is 45.9 Å². The summed E-state index contributed by atoms with van der Waals surface area (Å²) in [5, 5.41) is 0. The molecule has 2 aliphatic heterocycles. The molecule has 0 bridgehead atoms. The fraction of sp³-hybridized carbons (Fsp3) is 1.00. The summed E-state index contributed by atoms with van der Waals surface area (Å²) in [4.78, 5) is 0. The Kier molecular flexibility index (Phi) is 2.72. The van der Waals surface area contributed by atoms with Crippen LogP contribution in [0.1, 0.15) is 19.3 Å². The molecule has 0 aromatic heterocycles. The minimum Gasteiger partial charge on any atom is -0.377 e. The molecule has 3 fully saturated rings. The number of hydrogen-bond donors (Lipinski definition) is 0. The van der Waals surface area contributed by atoms with Crippen molar-refractivity contribution in [2.24, 2.45) is 5.41 Å². The summed E-state index contributed by atoms with van der Waals surface area (Å²) in [5.41, 5.74) is 0.0383. The van der Waals surface area contributed by atoms with Crippen molar-refractivity contribution in [3.63, 3.8) is 0 Å². The topological polar surface area (TPSA) is 61.8 Å². The monoisotopic (exact) mass is 282 g/mol. The largest absolute Gasteiger partial charge is 0.377 e. The molecule has 0 aromatic rings. The van der Waals surface area contributed by atoms with E-state index >= 15 is 0 Å². The first-order valence-corrected chi connectivity index (χ1v) is 8.20. The molecule has 0 radical (unpaired) electrons. The fourth-order valence-corrected chi connectivity index (χ4v) is 4.34. The van der Waals surface area contributed by atoms with Gasteiger partial charge >= 0.3 is 0 Å². The molecule has 5 nitrogen and oxygen atoms in total. The third-order valence-electron chi connectivity index (χ3n) is 3.77. The fourth-order valence-electron chi connectivity index (χ4n) is 3.26. The molecule has 3 rings (SSSR count). The Morgan fingerprint density at radius 3 is 2.47 bits per heavy atom. The van der Waals surface area contributed by atoms with Crippen molar-refractivity contribution in [3.8, 4) is 0 Å². The summed E-state index contributed by atoms with van der Waals surface area (Å²) in [6, 6.07) is 0. The average Bonchev–Trinajstić information content (AvgIpc) is 2.72. The Morgan fingerprint density at radius 2 is 1.88 bits per heavy atom. The van der Waals surface area contributed by atoms with Gasteiger partial charge in [0, 0.05) is 28.9 Å². The van der Waals surface area contributed by atoms with Gasteiger partial charge in [-0.05, 0) is 6.42 Å². The van der Waals surface area contributed by atoms with Crippen molar-refractivity contribution in [1.29, 1.82) is 0 Å². The Bertz CT molecular complexity index is 406. The highest BCUT2D eigenvalue weighted by molar-refractivity contribution is 8.13. The summed E-state index contributed by atoms with van der Waals surface area (Å²) in [7, 11) is 1.75. The maximum absolute atomic E-state index is 11.0. The van der Waals surface area contributed by atoms with Crippen LogP contribution in [-0.2, 0) is 23.3 Å². The van der Waals surface area contributed by atoms with Gasteiger partial charge in [-0.3, -0.25) is 0 Å². The first-order valence-electron chi connectivity index (χ1n) is 5.72. The zero-order chi connectivity index (χ0) is 12.1. The van der Waals surface area contributed by atoms with Gasteiger partial charge in [-0.15, -0.1) is 0 Å². The molecule has 0 amide bonds. The van der Waals surface area contributed by atoms with Crippen molar-refractivity contribution in [2.45, 2.75) is 31.2 Å². The SMILES string of the molecule is O=S(=O)(Cl)CC1CC2(CO1)CC1(C2)OCCO1. The summed E-state index contributed by atoms with van der Waals surface area (Å²) in [5.74, 6) is -0.511. The molecular weight excluding hydrogens is 268 g/mol. The second-order valence-electron chi connectivity index (χ2n) is 5.30. The van der Waals surface area contributed by atoms with Crippen LogP contribution in [0.3, 0.4) is 0 Å². The van der Waals surface area contributed by atoms with Crippen LogP contribution >= 0.6 is 10.7 Å². The Morgan fingerprint density at radius 1 is 1.24 bits per heavy atom. The zero-order valence-electron chi connectivity index (χ0n) is 9.35. The summed E-state index contributed by atoms with van der Waals surface area (Å²) in [6.45, 7) is 1.88. The number of rotatable bonds is 2. The van der Waals surface area contributed by atoms with Gasteiger partial charge in [-0.25, -0.2) is 8.42 Å². The lowest BCUT2D eigenvalue weighted by Gasteiger charge is -2.50. The average molecular weight is 283 g/mol. The standard InChI is InChI=1S/C10H15ClO5S/c11-17(12,13)4-8-3-9(7-14-8)5-10(6-9)15-1-2-16-10/h8H,1-7H2. The van der Waals surface area contributed by atoms with Gasteiger partial charge in [0.25, 0.3) is 0 Å². The molecule has 17 heavy (non-hydrogen) atoms. The molecule has 0 aromatic carbocycles. The summed E-state index contributed by atoms with van der Waals surface area (Å²) in [6.07, 6.45) is 2.06. The van der Waals surface area contributed by atoms with Crippen molar-refractivity contribution in [3.05, 3.63) is 0 Å². The van der Waals surface area contributed by atoms with E-state index in [1.54, 1.807) is 0 Å². The lowest BCUT2D eigenvalue weighted by Crippen LogP contribution is -2.53. The molecule has 7 heteroatoms. The van der Waals surface area contributed by atoms with Crippen molar-refractivity contribution in [2.75, 3.05) is 25.6 Å². The Balaban J connectivity index is 1.58. The third-order valence-corrected chi connectivity index (χ3v) is 4.92. The van der Waals surface area contributed by atoms with Crippen LogP contribution in [0.25, 0.3) is 0 Å². The Labute approximate surface area is 105 Å². The van der Waals surface area contributed by atoms with Crippen molar-refractivity contribution >= 4 is 19.7 Å². The van der Waals surface area contributed by atoms with E-state index in [0.717, 1.165) is 19.3 Å². The molecule has 3 aliphatic rings. The van der Waals surface area contributed by atoms with E-state index in [1.807, 2.05) is 0 Å². The second kappa shape index (κ2) is 3.81. The predicted molar refractivity (Wildman–Crippen MR) is 60.3 cm³/mol. The van der Waals surface area contributed by atoms with Crippen LogP contribution in [0, 0.1) is 5.41 Å². The van der Waals surface area contributed by atoms with Crippen LogP contribution < -0.4 is 0 Å². The lowest BCUT2D eigenvalue weighted by atomic mass is 9.63. The quantitative estimate of drug-likeness (QED) is 0.703. The minimum atomic E-state index is -3.48. The highest BCUT2D eigenvalue weighted by atomic mass is 35.7. The van der Waals surface area contributed by atoms with Gasteiger partial charge in [0.1, 0.15) is 0 Å². The normalized spacial score (nSPS) is 34.3. The highest BCUT2D eigenvalue weighted by Crippen LogP contribution is 2.58. The second-order valence-corrected chi connectivity index (χ2v) is 8.13. The maximum atomic E-state index is 11.0. The van der Waals surface area contributed by atoms with E-state index < -0.39 is 14.8 Å². The van der Waals surface area contributed by atoms with E-state index in [0.29, 0.717) is 19.8 Å². The molecule has 0 N–H and O–H groups in total. The van der Waals surface area contributed by atoms with Gasteiger partial charge in [-0.2, -0.15) is 0 Å². The molecule has 1 atom stereocenters. The van der Waals surface area contributed by atoms with Crippen molar-refractivity contribution in [1.82, 2.24) is 0 Å². The maximum Gasteiger partial charge on any atom is 0.235 e. The lowest BCUT2D eigenvalue weighted by molar-refractivity contribution is -0.260. The van der Waals surface area contributed by atoms with Gasteiger partial charge in [0.15, 0.2) is 5.79 Å². The van der Waals surface area contributed by atoms with Crippen LogP contribution in [0.4, 0.5) is 0 Å². The molecule has 2 spiro atoms. The smallest absolute Gasteiger partial charge is 0.235 e. The molecule has 2 saturated heterocycles. The first kappa shape index (κ1) is 12.2. The van der Waals surface area contributed by atoms with Gasteiger partial charge in [0.05, 0.1) is 31.7 Å². The predicted octanol–water partition coefficient (Wildman–Crippen LogP) is 0.867. The van der Waals surface area contributed by atoms with E-state index in [1.165, 1.54) is 0 Å². The van der Waals surface area contributed by atoms with Crippen LogP contribution in [0.2, 0.25) is 0 Å². The minimum absolute atomic E-state index is 0.0383. The van der Waals surface area contributed by atoms with Gasteiger partial charge in [0.2, 0.25) is 9.05 Å². The molecule has 1 saturated carbocycles. The van der Waals surface area contributed by atoms with Crippen LogP contribution in [0.5, 0.6) is 0 Å². The Hall–Kier alpha value is 0.120. The highest BCUT2D eigenvalue weighted by Gasteiger charge is 2.61. The number of halogens is 1. The number of ether oxygens (including phenoxy) is 3. The van der Waals surface area contributed by atoms with E-state index in [2.05, 4.69) is 0 Å². The molecule has 2 heterocycles.